The third kappa shape index (κ3) is 2.39. The molecule has 0 N–H and O–H groups in total. The summed E-state index contributed by atoms with van der Waals surface area (Å²) in [6, 6.07) is 11.9. The van der Waals surface area contributed by atoms with Gasteiger partial charge in [-0.15, -0.1) is 22.8 Å². The van der Waals surface area contributed by atoms with Gasteiger partial charge < -0.3 is 4.52 Å². The van der Waals surface area contributed by atoms with Crippen molar-refractivity contribution in [2.24, 2.45) is 0 Å². The number of rotatable bonds is 3. The number of hydrogen-bond acceptors (Lipinski definition) is 5. The second-order valence-electron chi connectivity index (χ2n) is 4.21. The summed E-state index contributed by atoms with van der Waals surface area (Å²) < 4.78 is 6.87. The molecule has 0 fully saturated rings. The van der Waals surface area contributed by atoms with Gasteiger partial charge in [0.05, 0.1) is 0 Å². The highest BCUT2D eigenvalue weighted by Gasteiger charge is 2.14. The fourth-order valence-electron chi connectivity index (χ4n) is 1.89. The van der Waals surface area contributed by atoms with E-state index in [1.54, 1.807) is 4.57 Å². The highest BCUT2D eigenvalue weighted by atomic mass is 32.1. The van der Waals surface area contributed by atoms with Gasteiger partial charge in [-0.3, -0.25) is 4.57 Å². The van der Waals surface area contributed by atoms with Crippen LogP contribution in [0, 0.1) is 6.92 Å². The third-order valence-corrected chi connectivity index (χ3v) is 3.05. The zero-order valence-corrected chi connectivity index (χ0v) is 11.2. The molecule has 3 rings (SSSR count). The number of aromatic nitrogens is 4. The molecular weight excluding hydrogens is 260 g/mol. The first-order valence-electron chi connectivity index (χ1n) is 5.85. The first-order chi connectivity index (χ1) is 9.24. The summed E-state index contributed by atoms with van der Waals surface area (Å²) in [5.41, 5.74) is 1.16. The highest BCUT2D eigenvalue weighted by molar-refractivity contribution is 7.80. The lowest BCUT2D eigenvalue weighted by atomic mass is 10.1. The van der Waals surface area contributed by atoms with Gasteiger partial charge in [0.15, 0.2) is 11.0 Å². The molecule has 0 amide bonds. The van der Waals surface area contributed by atoms with Crippen molar-refractivity contribution in [1.82, 2.24) is 19.9 Å². The van der Waals surface area contributed by atoms with Crippen LogP contribution in [0.15, 0.2) is 46.1 Å². The molecule has 0 aliphatic rings. The zero-order valence-electron chi connectivity index (χ0n) is 10.3. The monoisotopic (exact) mass is 272 g/mol. The molecule has 1 aromatic carbocycles. The normalized spacial score (nSPS) is 10.8. The van der Waals surface area contributed by atoms with Crippen LogP contribution >= 0.6 is 12.6 Å². The van der Waals surface area contributed by atoms with Gasteiger partial charge in [-0.2, -0.15) is 0 Å². The van der Waals surface area contributed by atoms with Gasteiger partial charge in [0.25, 0.3) is 0 Å². The summed E-state index contributed by atoms with van der Waals surface area (Å²) in [5, 5.41) is 12.6. The molecule has 0 spiro atoms. The summed E-state index contributed by atoms with van der Waals surface area (Å²) in [5.74, 6) is 2.17. The van der Waals surface area contributed by atoms with Gasteiger partial charge in [-0.05, 0) is 12.5 Å². The molecule has 2 aromatic heterocycles. The van der Waals surface area contributed by atoms with E-state index in [0.717, 1.165) is 17.1 Å². The standard InChI is InChI=1S/C13H12N4OS/c1-9-7-12(16-18-9)17-11(14-15-13(17)19)8-10-5-3-2-4-6-10/h2-7H,8H2,1H3,(H,15,19). The average molecular weight is 272 g/mol. The van der Waals surface area contributed by atoms with E-state index in [0.29, 0.717) is 17.4 Å². The van der Waals surface area contributed by atoms with Crippen molar-refractivity contribution >= 4 is 12.6 Å². The molecule has 3 aromatic rings. The Hall–Kier alpha value is -2.08. The number of aryl methyl sites for hydroxylation is 1. The molecule has 0 aliphatic heterocycles. The van der Waals surface area contributed by atoms with Crippen LogP contribution in [0.1, 0.15) is 17.1 Å². The van der Waals surface area contributed by atoms with Gasteiger partial charge in [-0.25, -0.2) is 0 Å². The Kier molecular flexibility index (Phi) is 3.08. The van der Waals surface area contributed by atoms with Crippen LogP contribution in [0.5, 0.6) is 0 Å². The van der Waals surface area contributed by atoms with Crippen molar-refractivity contribution in [3.63, 3.8) is 0 Å². The van der Waals surface area contributed by atoms with Crippen molar-refractivity contribution in [2.75, 3.05) is 0 Å². The van der Waals surface area contributed by atoms with Crippen LogP contribution in [0.2, 0.25) is 0 Å². The molecule has 0 saturated carbocycles. The maximum absolute atomic E-state index is 5.09. The van der Waals surface area contributed by atoms with Crippen molar-refractivity contribution < 1.29 is 4.52 Å². The molecule has 0 radical (unpaired) electrons. The predicted octanol–water partition coefficient (Wildman–Crippen LogP) is 2.44. The van der Waals surface area contributed by atoms with Crippen molar-refractivity contribution in [2.45, 2.75) is 18.5 Å². The summed E-state index contributed by atoms with van der Waals surface area (Å²) in [4.78, 5) is 0. The predicted molar refractivity (Wildman–Crippen MR) is 72.7 cm³/mol. The van der Waals surface area contributed by atoms with E-state index in [9.17, 15) is 0 Å². The number of nitrogens with zero attached hydrogens (tertiary/aromatic N) is 4. The maximum Gasteiger partial charge on any atom is 0.194 e. The zero-order chi connectivity index (χ0) is 13.2. The van der Waals surface area contributed by atoms with E-state index in [2.05, 4.69) is 28.0 Å². The van der Waals surface area contributed by atoms with Crippen molar-refractivity contribution in [3.05, 3.63) is 53.5 Å². The van der Waals surface area contributed by atoms with Crippen molar-refractivity contribution in [3.8, 4) is 5.82 Å². The molecule has 0 saturated heterocycles. The molecule has 0 bridgehead atoms. The molecule has 6 heteroatoms. The molecule has 0 atom stereocenters. The highest BCUT2D eigenvalue weighted by Crippen LogP contribution is 2.18. The minimum Gasteiger partial charge on any atom is -0.360 e. The van der Waals surface area contributed by atoms with Crippen LogP contribution in [-0.4, -0.2) is 19.9 Å². The number of hydrogen-bond donors (Lipinski definition) is 1. The lowest BCUT2D eigenvalue weighted by Gasteiger charge is -2.03. The lowest BCUT2D eigenvalue weighted by Crippen LogP contribution is -2.03. The summed E-state index contributed by atoms with van der Waals surface area (Å²) in [7, 11) is 0. The molecule has 5 nitrogen and oxygen atoms in total. The van der Waals surface area contributed by atoms with E-state index in [1.807, 2.05) is 43.3 Å². The Morgan fingerprint density at radius 1 is 1.21 bits per heavy atom. The first-order valence-corrected chi connectivity index (χ1v) is 6.29. The Balaban J connectivity index is 1.99. The van der Waals surface area contributed by atoms with E-state index >= 15 is 0 Å². The van der Waals surface area contributed by atoms with Gasteiger partial charge >= 0.3 is 0 Å². The van der Waals surface area contributed by atoms with Crippen LogP contribution in [0.4, 0.5) is 0 Å². The smallest absolute Gasteiger partial charge is 0.194 e. The second-order valence-corrected chi connectivity index (χ2v) is 4.61. The second kappa shape index (κ2) is 4.89. The lowest BCUT2D eigenvalue weighted by molar-refractivity contribution is 0.393. The van der Waals surface area contributed by atoms with Crippen LogP contribution in [0.3, 0.4) is 0 Å². The molecule has 2 heterocycles. The van der Waals surface area contributed by atoms with Gasteiger partial charge in [0.1, 0.15) is 11.6 Å². The molecule has 0 aliphatic carbocycles. The molecule has 19 heavy (non-hydrogen) atoms. The van der Waals surface area contributed by atoms with Crippen LogP contribution in [0.25, 0.3) is 5.82 Å². The van der Waals surface area contributed by atoms with Gasteiger partial charge in [0.2, 0.25) is 0 Å². The van der Waals surface area contributed by atoms with Gasteiger partial charge in [-0.1, -0.05) is 35.5 Å². The van der Waals surface area contributed by atoms with E-state index in [-0.39, 0.29) is 0 Å². The molecule has 96 valence electrons. The molecule has 0 unspecified atom stereocenters. The Morgan fingerprint density at radius 2 is 2.00 bits per heavy atom. The summed E-state index contributed by atoms with van der Waals surface area (Å²) in [6.45, 7) is 1.84. The van der Waals surface area contributed by atoms with Crippen LogP contribution < -0.4 is 0 Å². The number of benzene rings is 1. The third-order valence-electron chi connectivity index (χ3n) is 2.76. The van der Waals surface area contributed by atoms with Gasteiger partial charge in [0, 0.05) is 12.5 Å². The van der Waals surface area contributed by atoms with E-state index in [4.69, 9.17) is 4.52 Å². The Labute approximate surface area is 115 Å². The summed E-state index contributed by atoms with van der Waals surface area (Å²) in [6.07, 6.45) is 0.667. The first kappa shape index (κ1) is 12.0. The Bertz CT molecular complexity index is 690. The Morgan fingerprint density at radius 3 is 2.68 bits per heavy atom. The minimum atomic E-state index is 0.499. The largest absolute Gasteiger partial charge is 0.360 e. The summed E-state index contributed by atoms with van der Waals surface area (Å²) >= 11 is 4.31. The minimum absolute atomic E-state index is 0.499. The quantitative estimate of drug-likeness (QED) is 0.744. The SMILES string of the molecule is Cc1cc(-n2c(S)nnc2Cc2ccccc2)no1. The maximum atomic E-state index is 5.09. The van der Waals surface area contributed by atoms with E-state index < -0.39 is 0 Å². The topological polar surface area (TPSA) is 56.7 Å². The number of thiol groups is 1. The van der Waals surface area contributed by atoms with E-state index in [1.165, 1.54) is 0 Å². The average Bonchev–Trinajstić information content (AvgIpc) is 2.97. The fraction of sp³-hybridized carbons (Fsp3) is 0.154. The fourth-order valence-corrected chi connectivity index (χ4v) is 2.16. The molecular formula is C13H12N4OS. The van der Waals surface area contributed by atoms with Crippen LogP contribution in [-0.2, 0) is 6.42 Å². The van der Waals surface area contributed by atoms with Crippen molar-refractivity contribution in [1.29, 1.82) is 0 Å².